The van der Waals surface area contributed by atoms with Crippen molar-refractivity contribution in [2.75, 3.05) is 20.3 Å². The van der Waals surface area contributed by atoms with E-state index in [4.69, 9.17) is 4.74 Å². The molecule has 2 heterocycles. The number of methoxy groups -OCH3 is 1. The normalized spacial score (nSPS) is 10.6. The summed E-state index contributed by atoms with van der Waals surface area (Å²) in [6.45, 7) is 3.16. The molecule has 118 valence electrons. The van der Waals surface area contributed by atoms with Gasteiger partial charge in [0.25, 0.3) is 5.91 Å². The van der Waals surface area contributed by atoms with Crippen molar-refractivity contribution < 1.29 is 9.53 Å². The molecule has 0 atom stereocenters. The van der Waals surface area contributed by atoms with Gasteiger partial charge in [-0.3, -0.25) is 9.78 Å². The van der Waals surface area contributed by atoms with Gasteiger partial charge in [0, 0.05) is 39.1 Å². The Kier molecular flexibility index (Phi) is 6.48. The first-order valence-corrected chi connectivity index (χ1v) is 8.14. The number of ether oxygens (including phenoxy) is 1. The highest BCUT2D eigenvalue weighted by Gasteiger charge is 2.14. The maximum absolute atomic E-state index is 12.1. The number of aryl methyl sites for hydroxylation is 3. The van der Waals surface area contributed by atoms with Crippen LogP contribution in [-0.4, -0.2) is 36.1 Å². The molecule has 0 aliphatic heterocycles. The van der Waals surface area contributed by atoms with Crippen molar-refractivity contribution in [1.29, 1.82) is 0 Å². The molecular weight excluding hydrogens is 298 g/mol. The van der Waals surface area contributed by atoms with Crippen LogP contribution < -0.4 is 5.32 Å². The Hall–Kier alpha value is -1.79. The molecule has 2 aromatic heterocycles. The van der Waals surface area contributed by atoms with Crippen molar-refractivity contribution in [3.63, 3.8) is 0 Å². The first kappa shape index (κ1) is 16.6. The Bertz CT molecular complexity index is 599. The molecule has 1 N–H and O–H groups in total. The molecule has 0 aromatic carbocycles. The average Bonchev–Trinajstić information content (AvgIpc) is 2.91. The predicted octanol–water partition coefficient (Wildman–Crippen LogP) is 2.40. The van der Waals surface area contributed by atoms with Crippen LogP contribution in [0.15, 0.2) is 24.5 Å². The maximum atomic E-state index is 12.1. The zero-order chi connectivity index (χ0) is 15.8. The lowest BCUT2D eigenvalue weighted by Gasteiger charge is -2.03. The first-order chi connectivity index (χ1) is 10.7. The molecule has 0 spiro atoms. The molecule has 5 nitrogen and oxygen atoms in total. The van der Waals surface area contributed by atoms with E-state index in [1.54, 1.807) is 19.5 Å². The molecule has 0 radical (unpaired) electrons. The second-order valence-corrected chi connectivity index (χ2v) is 6.06. The molecule has 0 saturated heterocycles. The van der Waals surface area contributed by atoms with Crippen molar-refractivity contribution in [3.05, 3.63) is 45.7 Å². The van der Waals surface area contributed by atoms with Crippen LogP contribution in [0.5, 0.6) is 0 Å². The number of amides is 1. The third kappa shape index (κ3) is 4.89. The predicted molar refractivity (Wildman–Crippen MR) is 87.3 cm³/mol. The van der Waals surface area contributed by atoms with Gasteiger partial charge in [-0.15, -0.1) is 11.3 Å². The van der Waals surface area contributed by atoms with Crippen LogP contribution in [0.25, 0.3) is 0 Å². The minimum Gasteiger partial charge on any atom is -0.385 e. The summed E-state index contributed by atoms with van der Waals surface area (Å²) in [5, 5.41) is 3.90. The van der Waals surface area contributed by atoms with Gasteiger partial charge in [-0.25, -0.2) is 4.98 Å². The zero-order valence-corrected chi connectivity index (χ0v) is 13.8. The molecule has 0 aliphatic rings. The number of carbonyl (C=O) groups excluding carboxylic acids is 1. The monoisotopic (exact) mass is 319 g/mol. The number of aromatic nitrogens is 2. The first-order valence-electron chi connectivity index (χ1n) is 7.33. The molecule has 0 unspecified atom stereocenters. The number of hydrogen-bond donors (Lipinski definition) is 1. The van der Waals surface area contributed by atoms with Crippen molar-refractivity contribution in [3.8, 4) is 0 Å². The highest BCUT2D eigenvalue weighted by atomic mass is 32.1. The van der Waals surface area contributed by atoms with Crippen LogP contribution in [0.3, 0.4) is 0 Å². The lowest BCUT2D eigenvalue weighted by molar-refractivity contribution is 0.0952. The molecule has 0 fully saturated rings. The Morgan fingerprint density at radius 3 is 2.82 bits per heavy atom. The summed E-state index contributed by atoms with van der Waals surface area (Å²) in [7, 11) is 1.66. The molecular formula is C16H21N3O2S. The van der Waals surface area contributed by atoms with E-state index in [-0.39, 0.29) is 5.91 Å². The Morgan fingerprint density at radius 2 is 2.09 bits per heavy atom. The SMILES string of the molecule is COCCCNC(=O)c1sc(CCc2ccncc2)nc1C. The maximum Gasteiger partial charge on any atom is 0.263 e. The van der Waals surface area contributed by atoms with Gasteiger partial charge in [0.2, 0.25) is 0 Å². The molecule has 0 bridgehead atoms. The fraction of sp³-hybridized carbons (Fsp3) is 0.438. The van der Waals surface area contributed by atoms with E-state index in [1.807, 2.05) is 19.1 Å². The zero-order valence-electron chi connectivity index (χ0n) is 13.0. The lowest BCUT2D eigenvalue weighted by Crippen LogP contribution is -2.24. The van der Waals surface area contributed by atoms with E-state index in [9.17, 15) is 4.79 Å². The Morgan fingerprint density at radius 1 is 1.32 bits per heavy atom. The minimum absolute atomic E-state index is 0.0405. The minimum atomic E-state index is -0.0405. The number of thiazole rings is 1. The summed E-state index contributed by atoms with van der Waals surface area (Å²) in [4.78, 5) is 21.4. The van der Waals surface area contributed by atoms with Crippen LogP contribution >= 0.6 is 11.3 Å². The smallest absolute Gasteiger partial charge is 0.263 e. The van der Waals surface area contributed by atoms with E-state index >= 15 is 0 Å². The van der Waals surface area contributed by atoms with Crippen LogP contribution in [0.1, 0.15) is 32.4 Å². The number of hydrogen-bond acceptors (Lipinski definition) is 5. The van der Waals surface area contributed by atoms with Gasteiger partial charge in [-0.05, 0) is 37.5 Å². The molecule has 0 aliphatic carbocycles. The molecule has 6 heteroatoms. The summed E-state index contributed by atoms with van der Waals surface area (Å²) in [6, 6.07) is 4.01. The van der Waals surface area contributed by atoms with E-state index in [0.29, 0.717) is 18.0 Å². The summed E-state index contributed by atoms with van der Waals surface area (Å²) in [5.74, 6) is -0.0405. The number of nitrogens with one attached hydrogen (secondary N) is 1. The number of nitrogens with zero attached hydrogens (tertiary/aromatic N) is 2. The quantitative estimate of drug-likeness (QED) is 0.759. The summed E-state index contributed by atoms with van der Waals surface area (Å²) in [5.41, 5.74) is 2.03. The topological polar surface area (TPSA) is 64.1 Å². The van der Waals surface area contributed by atoms with Crippen molar-refractivity contribution in [1.82, 2.24) is 15.3 Å². The number of carbonyl (C=O) groups is 1. The van der Waals surface area contributed by atoms with Gasteiger partial charge >= 0.3 is 0 Å². The van der Waals surface area contributed by atoms with Gasteiger partial charge < -0.3 is 10.1 Å². The molecule has 1 amide bonds. The van der Waals surface area contributed by atoms with Gasteiger partial charge in [0.15, 0.2) is 0 Å². The van der Waals surface area contributed by atoms with Gasteiger partial charge in [-0.2, -0.15) is 0 Å². The lowest BCUT2D eigenvalue weighted by atomic mass is 10.1. The standard InChI is InChI=1S/C16H21N3O2S/c1-12-15(16(20)18-8-3-11-21-2)22-14(19-12)5-4-13-6-9-17-10-7-13/h6-7,9-10H,3-5,8,11H2,1-2H3,(H,18,20). The average molecular weight is 319 g/mol. The summed E-state index contributed by atoms with van der Waals surface area (Å²) in [6.07, 6.45) is 6.15. The second-order valence-electron chi connectivity index (χ2n) is 4.98. The Labute approximate surface area is 134 Å². The molecule has 0 saturated carbocycles. The van der Waals surface area contributed by atoms with Crippen molar-refractivity contribution in [2.45, 2.75) is 26.2 Å². The van der Waals surface area contributed by atoms with Crippen molar-refractivity contribution in [2.24, 2.45) is 0 Å². The fourth-order valence-corrected chi connectivity index (χ4v) is 3.05. The largest absolute Gasteiger partial charge is 0.385 e. The third-order valence-corrected chi connectivity index (χ3v) is 4.45. The van der Waals surface area contributed by atoms with E-state index in [1.165, 1.54) is 16.9 Å². The highest BCUT2D eigenvalue weighted by Crippen LogP contribution is 2.19. The molecule has 2 rings (SSSR count). The van der Waals surface area contributed by atoms with Crippen molar-refractivity contribution >= 4 is 17.2 Å². The number of rotatable bonds is 8. The highest BCUT2D eigenvalue weighted by molar-refractivity contribution is 7.13. The molecule has 2 aromatic rings. The Balaban J connectivity index is 1.88. The number of pyridine rings is 1. The summed E-state index contributed by atoms with van der Waals surface area (Å²) < 4.78 is 4.97. The third-order valence-electron chi connectivity index (χ3n) is 3.23. The van der Waals surface area contributed by atoms with Gasteiger partial charge in [0.05, 0.1) is 10.7 Å². The van der Waals surface area contributed by atoms with E-state index < -0.39 is 0 Å². The van der Waals surface area contributed by atoms with Crippen LogP contribution in [0.4, 0.5) is 0 Å². The summed E-state index contributed by atoms with van der Waals surface area (Å²) >= 11 is 1.48. The molecule has 22 heavy (non-hydrogen) atoms. The van der Waals surface area contributed by atoms with Gasteiger partial charge in [-0.1, -0.05) is 0 Å². The second kappa shape index (κ2) is 8.60. The fourth-order valence-electron chi connectivity index (χ4n) is 2.07. The van der Waals surface area contributed by atoms with E-state index in [2.05, 4.69) is 15.3 Å². The van der Waals surface area contributed by atoms with Crippen LogP contribution in [0.2, 0.25) is 0 Å². The van der Waals surface area contributed by atoms with Crippen LogP contribution in [0, 0.1) is 6.92 Å². The van der Waals surface area contributed by atoms with Gasteiger partial charge in [0.1, 0.15) is 4.88 Å². The van der Waals surface area contributed by atoms with E-state index in [0.717, 1.165) is 30.0 Å². The van der Waals surface area contributed by atoms with Crippen LogP contribution in [-0.2, 0) is 17.6 Å².